The Morgan fingerprint density at radius 2 is 0.766 bits per heavy atom. The average molecular weight is 603 g/mol. The van der Waals surface area contributed by atoms with Gasteiger partial charge in [-0.3, -0.25) is 0 Å². The van der Waals surface area contributed by atoms with Crippen molar-refractivity contribution in [3.63, 3.8) is 0 Å². The van der Waals surface area contributed by atoms with Crippen LogP contribution in [0.15, 0.2) is 188 Å². The van der Waals surface area contributed by atoms with Gasteiger partial charge in [-0.25, -0.2) is 0 Å². The molecule has 0 spiro atoms. The Morgan fingerprint density at radius 1 is 0.319 bits per heavy atom. The third kappa shape index (κ3) is 5.51. The van der Waals surface area contributed by atoms with Gasteiger partial charge in [0.1, 0.15) is 0 Å². The quantitative estimate of drug-likeness (QED) is 0.167. The second-order valence-electron chi connectivity index (χ2n) is 11.9. The predicted molar refractivity (Wildman–Crippen MR) is 202 cm³/mol. The van der Waals surface area contributed by atoms with Crippen LogP contribution in [0.2, 0.25) is 0 Å². The van der Waals surface area contributed by atoms with Crippen molar-refractivity contribution in [2.45, 2.75) is 0 Å². The topological polar surface area (TPSA) is 6.48 Å². The molecule has 0 aliphatic carbocycles. The summed E-state index contributed by atoms with van der Waals surface area (Å²) in [6.45, 7) is 0. The molecule has 224 valence electrons. The maximum Gasteiger partial charge on any atom is 0.0567 e. The van der Waals surface area contributed by atoms with Crippen molar-refractivity contribution in [1.29, 1.82) is 0 Å². The molecule has 8 aromatic rings. The first-order chi connectivity index (χ1) is 23.2. The van der Waals surface area contributed by atoms with Crippen LogP contribution < -0.4 is 9.80 Å². The van der Waals surface area contributed by atoms with Crippen LogP contribution in [0.4, 0.5) is 28.4 Å². The van der Waals surface area contributed by atoms with E-state index in [1.165, 1.54) is 49.5 Å². The van der Waals surface area contributed by atoms with Crippen LogP contribution in [0.5, 0.6) is 0 Å². The molecule has 8 aromatic carbocycles. The zero-order valence-electron chi connectivity index (χ0n) is 26.3. The molecule has 8 rings (SSSR count). The number of fused-ring (bicyclic) bond motifs is 2. The highest BCUT2D eigenvalue weighted by Gasteiger charge is 2.15. The number of para-hydroxylation sites is 1. The first-order valence-corrected chi connectivity index (χ1v) is 16.1. The first-order valence-electron chi connectivity index (χ1n) is 16.1. The molecule has 0 amide bonds. The van der Waals surface area contributed by atoms with Gasteiger partial charge in [-0.2, -0.15) is 0 Å². The van der Waals surface area contributed by atoms with Gasteiger partial charge >= 0.3 is 0 Å². The maximum atomic E-state index is 2.32. The third-order valence-corrected chi connectivity index (χ3v) is 9.02. The lowest BCUT2D eigenvalue weighted by atomic mass is 9.99. The van der Waals surface area contributed by atoms with Crippen LogP contribution in [0.3, 0.4) is 0 Å². The van der Waals surface area contributed by atoms with Crippen LogP contribution in [-0.4, -0.2) is 7.05 Å². The highest BCUT2D eigenvalue weighted by Crippen LogP contribution is 2.40. The van der Waals surface area contributed by atoms with Gasteiger partial charge in [0.15, 0.2) is 0 Å². The Kier molecular flexibility index (Phi) is 7.45. The lowest BCUT2D eigenvalue weighted by molar-refractivity contribution is 1.23. The molecule has 0 fully saturated rings. The minimum absolute atomic E-state index is 1.12. The summed E-state index contributed by atoms with van der Waals surface area (Å²) in [6, 6.07) is 67.3. The molecule has 0 atom stereocenters. The van der Waals surface area contributed by atoms with Crippen LogP contribution >= 0.6 is 0 Å². The van der Waals surface area contributed by atoms with Gasteiger partial charge < -0.3 is 9.80 Å². The zero-order chi connectivity index (χ0) is 31.6. The fourth-order valence-corrected chi connectivity index (χ4v) is 6.64. The van der Waals surface area contributed by atoms with Gasteiger partial charge in [0.05, 0.1) is 5.69 Å². The summed E-state index contributed by atoms with van der Waals surface area (Å²) in [4.78, 5) is 4.64. The number of nitrogens with zero attached hydrogens (tertiary/aromatic N) is 2. The number of rotatable bonds is 7. The van der Waals surface area contributed by atoms with E-state index in [0.717, 1.165) is 22.7 Å². The smallest absolute Gasteiger partial charge is 0.0567 e. The molecule has 0 aliphatic rings. The summed E-state index contributed by atoms with van der Waals surface area (Å²) >= 11 is 0. The number of benzene rings is 8. The van der Waals surface area contributed by atoms with Crippen molar-refractivity contribution in [2.24, 2.45) is 0 Å². The van der Waals surface area contributed by atoms with Crippen LogP contribution in [0.1, 0.15) is 0 Å². The fourth-order valence-electron chi connectivity index (χ4n) is 6.64. The van der Waals surface area contributed by atoms with Crippen LogP contribution in [0.25, 0.3) is 43.8 Å². The molecule has 0 aliphatic heterocycles. The lowest BCUT2D eigenvalue weighted by Gasteiger charge is -2.26. The van der Waals surface area contributed by atoms with Crippen molar-refractivity contribution in [3.05, 3.63) is 188 Å². The van der Waals surface area contributed by atoms with E-state index in [2.05, 4.69) is 205 Å². The summed E-state index contributed by atoms with van der Waals surface area (Å²) in [7, 11) is 2.17. The predicted octanol–water partition coefficient (Wildman–Crippen LogP) is 12.6. The van der Waals surface area contributed by atoms with Gasteiger partial charge in [-0.05, 0) is 87.6 Å². The Labute approximate surface area is 276 Å². The Balaban J connectivity index is 1.11. The van der Waals surface area contributed by atoms with E-state index < -0.39 is 0 Å². The largest absolute Gasteiger partial charge is 0.344 e. The maximum absolute atomic E-state index is 2.32. The Bertz CT molecular complexity index is 2240. The molecule has 0 unspecified atom stereocenters. The molecule has 0 heterocycles. The minimum atomic E-state index is 1.12. The number of anilines is 5. The fraction of sp³-hybridized carbons (Fsp3) is 0.0222. The van der Waals surface area contributed by atoms with Crippen molar-refractivity contribution >= 4 is 50.0 Å². The van der Waals surface area contributed by atoms with Crippen LogP contribution in [0, 0.1) is 0 Å². The van der Waals surface area contributed by atoms with E-state index in [1.807, 2.05) is 0 Å². The minimum Gasteiger partial charge on any atom is -0.344 e. The molecule has 0 saturated carbocycles. The van der Waals surface area contributed by atoms with Gasteiger partial charge in [0.2, 0.25) is 0 Å². The average Bonchev–Trinajstić information content (AvgIpc) is 3.15. The summed E-state index contributed by atoms with van der Waals surface area (Å²) in [6.07, 6.45) is 0. The van der Waals surface area contributed by atoms with E-state index in [4.69, 9.17) is 0 Å². The second kappa shape index (κ2) is 12.3. The van der Waals surface area contributed by atoms with E-state index in [-0.39, 0.29) is 0 Å². The zero-order valence-corrected chi connectivity index (χ0v) is 26.3. The van der Waals surface area contributed by atoms with E-state index in [0.29, 0.717) is 0 Å². The lowest BCUT2D eigenvalue weighted by Crippen LogP contribution is -2.10. The van der Waals surface area contributed by atoms with E-state index >= 15 is 0 Å². The summed E-state index contributed by atoms with van der Waals surface area (Å²) in [5, 5.41) is 5.01. The standard InChI is InChI=1S/C45H34N2/c1-46(45-43-21-10-8-15-37(43)31-38-16-9-11-22-44(38)45)39-27-23-34(24-28-39)35-25-29-41(30-26-35)47(40-18-6-3-7-19-40)42-20-12-17-36(32-42)33-13-4-2-5-14-33/h2-32H,1H3. The monoisotopic (exact) mass is 602 g/mol. The highest BCUT2D eigenvalue weighted by atomic mass is 15.1. The van der Waals surface area contributed by atoms with Gasteiger partial charge in [0.25, 0.3) is 0 Å². The van der Waals surface area contributed by atoms with Crippen molar-refractivity contribution in [2.75, 3.05) is 16.8 Å². The van der Waals surface area contributed by atoms with Crippen molar-refractivity contribution in [1.82, 2.24) is 0 Å². The molecule has 0 radical (unpaired) electrons. The third-order valence-electron chi connectivity index (χ3n) is 9.02. The van der Waals surface area contributed by atoms with Gasteiger partial charge in [0, 0.05) is 40.6 Å². The normalized spacial score (nSPS) is 11.1. The Hall–Kier alpha value is -6.12. The number of hydrogen-bond acceptors (Lipinski definition) is 2. The highest BCUT2D eigenvalue weighted by molar-refractivity contribution is 6.12. The first kappa shape index (κ1) is 28.4. The Morgan fingerprint density at radius 3 is 1.38 bits per heavy atom. The second-order valence-corrected chi connectivity index (χ2v) is 11.9. The molecular formula is C45H34N2. The summed E-state index contributed by atoms with van der Waals surface area (Å²) in [5.41, 5.74) is 10.5. The SMILES string of the molecule is CN(c1ccc(-c2ccc(N(c3ccccc3)c3cccc(-c4ccccc4)c3)cc2)cc1)c1c2ccccc2cc2ccccc12. The summed E-state index contributed by atoms with van der Waals surface area (Å²) < 4.78 is 0. The molecule has 2 heteroatoms. The molecule has 47 heavy (non-hydrogen) atoms. The van der Waals surface area contributed by atoms with Crippen LogP contribution in [-0.2, 0) is 0 Å². The molecule has 0 aromatic heterocycles. The molecular weight excluding hydrogens is 569 g/mol. The molecule has 0 bridgehead atoms. The van der Waals surface area contributed by atoms with Crippen molar-refractivity contribution in [3.8, 4) is 22.3 Å². The van der Waals surface area contributed by atoms with Crippen molar-refractivity contribution < 1.29 is 0 Å². The molecule has 0 saturated heterocycles. The van der Waals surface area contributed by atoms with E-state index in [9.17, 15) is 0 Å². The number of hydrogen-bond donors (Lipinski definition) is 0. The molecule has 2 nitrogen and oxygen atoms in total. The summed E-state index contributed by atoms with van der Waals surface area (Å²) in [5.74, 6) is 0. The van der Waals surface area contributed by atoms with Gasteiger partial charge in [-0.15, -0.1) is 0 Å². The molecule has 0 N–H and O–H groups in total. The van der Waals surface area contributed by atoms with E-state index in [1.54, 1.807) is 0 Å². The van der Waals surface area contributed by atoms with Gasteiger partial charge in [-0.1, -0.05) is 133 Å².